The average molecular weight is 560 g/mol. The van der Waals surface area contributed by atoms with Crippen molar-refractivity contribution >= 4 is 17.3 Å². The van der Waals surface area contributed by atoms with Crippen LogP contribution >= 0.6 is 0 Å². The van der Waals surface area contributed by atoms with Gasteiger partial charge in [-0.15, -0.1) is 0 Å². The van der Waals surface area contributed by atoms with Gasteiger partial charge in [0.2, 0.25) is 0 Å². The molecule has 0 aromatic heterocycles. The third kappa shape index (κ3) is 6.35. The molecular formula is C28H28F3N3O6. The number of ether oxygens (including phenoxy) is 3. The van der Waals surface area contributed by atoms with E-state index >= 15 is 0 Å². The summed E-state index contributed by atoms with van der Waals surface area (Å²) in [6, 6.07) is 14.0. The number of nitro groups is 1. The number of nitrogens with one attached hydrogen (secondary N) is 1. The molecule has 0 saturated carbocycles. The number of halogens is 3. The zero-order valence-electron chi connectivity index (χ0n) is 22.0. The Morgan fingerprint density at radius 2 is 1.82 bits per heavy atom. The average Bonchev–Trinajstić information content (AvgIpc) is 2.93. The van der Waals surface area contributed by atoms with Gasteiger partial charge < -0.3 is 19.5 Å². The maximum absolute atomic E-state index is 13.5. The SMILES string of the molecule is COc1ccc(CN2CCO[C@@H](C(=O)Nc3ccc(C)c(C(F)(F)F)c3)[C@H]2c2ccc([N+](=O)[O-])cc2)c(OC)c1. The number of nitrogens with zero attached hydrogens (tertiary/aromatic N) is 2. The molecule has 12 heteroatoms. The van der Waals surface area contributed by atoms with E-state index in [9.17, 15) is 28.1 Å². The van der Waals surface area contributed by atoms with Gasteiger partial charge in [0.05, 0.1) is 37.4 Å². The lowest BCUT2D eigenvalue weighted by Gasteiger charge is -2.41. The molecule has 1 N–H and O–H groups in total. The van der Waals surface area contributed by atoms with Crippen molar-refractivity contribution in [3.8, 4) is 11.5 Å². The van der Waals surface area contributed by atoms with Crippen LogP contribution in [0.15, 0.2) is 60.7 Å². The highest BCUT2D eigenvalue weighted by molar-refractivity contribution is 5.95. The van der Waals surface area contributed by atoms with Gasteiger partial charge in [-0.3, -0.25) is 19.8 Å². The minimum absolute atomic E-state index is 0.0251. The van der Waals surface area contributed by atoms with Crippen LogP contribution < -0.4 is 14.8 Å². The van der Waals surface area contributed by atoms with Crippen LogP contribution in [-0.4, -0.2) is 49.2 Å². The molecule has 0 spiro atoms. The lowest BCUT2D eigenvalue weighted by molar-refractivity contribution is -0.384. The summed E-state index contributed by atoms with van der Waals surface area (Å²) in [6.45, 7) is 2.24. The number of nitro benzene ring substituents is 1. The molecule has 1 saturated heterocycles. The van der Waals surface area contributed by atoms with Crippen molar-refractivity contribution < 1.29 is 37.1 Å². The fourth-order valence-electron chi connectivity index (χ4n) is 4.71. The van der Waals surface area contributed by atoms with Crippen LogP contribution in [0, 0.1) is 17.0 Å². The second-order valence-electron chi connectivity index (χ2n) is 9.25. The highest BCUT2D eigenvalue weighted by Gasteiger charge is 2.39. The molecular weight excluding hydrogens is 531 g/mol. The molecule has 40 heavy (non-hydrogen) atoms. The Morgan fingerprint density at radius 3 is 2.45 bits per heavy atom. The minimum Gasteiger partial charge on any atom is -0.497 e. The normalized spacial score (nSPS) is 17.8. The van der Waals surface area contributed by atoms with Gasteiger partial charge in [0.25, 0.3) is 11.6 Å². The number of benzene rings is 3. The molecule has 212 valence electrons. The lowest BCUT2D eigenvalue weighted by Crippen LogP contribution is -2.50. The number of morpholine rings is 1. The van der Waals surface area contributed by atoms with Gasteiger partial charge >= 0.3 is 6.18 Å². The second-order valence-corrected chi connectivity index (χ2v) is 9.25. The standard InChI is InChI=1S/C28H28F3N3O6/c1-17-4-8-20(14-23(17)28(29,30)31)32-27(35)26-25(18-5-9-21(10-6-18)34(36)37)33(12-13-40-26)16-19-7-11-22(38-2)15-24(19)39-3/h4-11,14-15,25-26H,12-13,16H2,1-3H3,(H,32,35)/t25-,26-/m1/s1. The predicted octanol–water partition coefficient (Wildman–Crippen LogP) is 5.52. The Balaban J connectivity index is 1.68. The topological polar surface area (TPSA) is 103 Å². The van der Waals surface area contributed by atoms with E-state index in [2.05, 4.69) is 5.32 Å². The summed E-state index contributed by atoms with van der Waals surface area (Å²) in [6.07, 6.45) is -5.71. The van der Waals surface area contributed by atoms with Gasteiger partial charge in [-0.2, -0.15) is 13.2 Å². The number of carbonyl (C=O) groups is 1. The Labute approximate surface area is 228 Å². The van der Waals surface area contributed by atoms with E-state index < -0.39 is 34.7 Å². The Hall–Kier alpha value is -4.16. The van der Waals surface area contributed by atoms with E-state index in [1.165, 1.54) is 45.4 Å². The van der Waals surface area contributed by atoms with Gasteiger partial charge in [0.1, 0.15) is 11.5 Å². The molecule has 0 unspecified atom stereocenters. The summed E-state index contributed by atoms with van der Waals surface area (Å²) < 4.78 is 57.0. The zero-order chi connectivity index (χ0) is 29.0. The Kier molecular flexibility index (Phi) is 8.60. The van der Waals surface area contributed by atoms with Gasteiger partial charge in [0, 0.05) is 42.5 Å². The molecule has 4 rings (SSSR count). The van der Waals surface area contributed by atoms with E-state index in [-0.39, 0.29) is 23.5 Å². The first-order valence-electron chi connectivity index (χ1n) is 12.3. The predicted molar refractivity (Wildman–Crippen MR) is 140 cm³/mol. The maximum Gasteiger partial charge on any atom is 0.416 e. The maximum atomic E-state index is 13.5. The number of carbonyl (C=O) groups excluding carboxylic acids is 1. The first kappa shape index (κ1) is 28.8. The van der Waals surface area contributed by atoms with Crippen molar-refractivity contribution in [1.82, 2.24) is 4.90 Å². The van der Waals surface area contributed by atoms with E-state index in [0.29, 0.717) is 30.2 Å². The highest BCUT2D eigenvalue weighted by atomic mass is 19.4. The summed E-state index contributed by atoms with van der Waals surface area (Å²) in [4.78, 5) is 26.1. The van der Waals surface area contributed by atoms with Gasteiger partial charge in [0.15, 0.2) is 6.10 Å². The molecule has 0 radical (unpaired) electrons. The summed E-state index contributed by atoms with van der Waals surface area (Å²) in [5.74, 6) is 0.517. The zero-order valence-corrected chi connectivity index (χ0v) is 22.0. The van der Waals surface area contributed by atoms with Crippen LogP contribution in [-0.2, 0) is 22.3 Å². The summed E-state index contributed by atoms with van der Waals surface area (Å²) in [7, 11) is 3.06. The number of anilines is 1. The molecule has 3 aromatic rings. The van der Waals surface area contributed by atoms with Crippen molar-refractivity contribution in [3.05, 3.63) is 93.0 Å². The van der Waals surface area contributed by atoms with Crippen molar-refractivity contribution in [3.63, 3.8) is 0 Å². The summed E-state index contributed by atoms with van der Waals surface area (Å²) >= 11 is 0. The fourth-order valence-corrected chi connectivity index (χ4v) is 4.71. The molecule has 1 amide bonds. The number of non-ortho nitro benzene ring substituents is 1. The van der Waals surface area contributed by atoms with Crippen molar-refractivity contribution in [2.45, 2.75) is 31.8 Å². The van der Waals surface area contributed by atoms with Crippen LogP contribution in [0.1, 0.15) is 28.3 Å². The fraction of sp³-hybridized carbons (Fsp3) is 0.321. The number of rotatable bonds is 8. The molecule has 2 atom stereocenters. The van der Waals surface area contributed by atoms with Crippen LogP contribution in [0.25, 0.3) is 0 Å². The quantitative estimate of drug-likeness (QED) is 0.286. The third-order valence-electron chi connectivity index (χ3n) is 6.74. The van der Waals surface area contributed by atoms with Crippen LogP contribution in [0.5, 0.6) is 11.5 Å². The molecule has 0 aliphatic carbocycles. The molecule has 1 aliphatic heterocycles. The highest BCUT2D eigenvalue weighted by Crippen LogP contribution is 2.36. The molecule has 1 heterocycles. The first-order valence-corrected chi connectivity index (χ1v) is 12.3. The van der Waals surface area contributed by atoms with Crippen molar-refractivity contribution in [2.24, 2.45) is 0 Å². The van der Waals surface area contributed by atoms with Crippen LogP contribution in [0.4, 0.5) is 24.5 Å². The summed E-state index contributed by atoms with van der Waals surface area (Å²) in [5.41, 5.74) is 0.396. The van der Waals surface area contributed by atoms with Crippen LogP contribution in [0.2, 0.25) is 0 Å². The van der Waals surface area contributed by atoms with E-state index in [0.717, 1.165) is 11.6 Å². The minimum atomic E-state index is -4.58. The number of alkyl halides is 3. The van der Waals surface area contributed by atoms with Gasteiger partial charge in [-0.1, -0.05) is 24.3 Å². The van der Waals surface area contributed by atoms with Gasteiger partial charge in [-0.25, -0.2) is 0 Å². The van der Waals surface area contributed by atoms with Crippen molar-refractivity contribution in [1.29, 1.82) is 0 Å². The van der Waals surface area contributed by atoms with Gasteiger partial charge in [-0.05, 0) is 36.2 Å². The number of methoxy groups -OCH3 is 2. The number of hydrogen-bond acceptors (Lipinski definition) is 7. The third-order valence-corrected chi connectivity index (χ3v) is 6.74. The van der Waals surface area contributed by atoms with E-state index in [1.54, 1.807) is 24.3 Å². The Bertz CT molecular complexity index is 1380. The van der Waals surface area contributed by atoms with E-state index in [4.69, 9.17) is 14.2 Å². The largest absolute Gasteiger partial charge is 0.497 e. The van der Waals surface area contributed by atoms with Crippen LogP contribution in [0.3, 0.4) is 0 Å². The molecule has 9 nitrogen and oxygen atoms in total. The summed E-state index contributed by atoms with van der Waals surface area (Å²) in [5, 5.41) is 13.8. The molecule has 0 bridgehead atoms. The molecule has 1 fully saturated rings. The number of amides is 1. The lowest BCUT2D eigenvalue weighted by atomic mass is 9.96. The second kappa shape index (κ2) is 11.9. The molecule has 3 aromatic carbocycles. The van der Waals surface area contributed by atoms with Crippen molar-refractivity contribution in [2.75, 3.05) is 32.7 Å². The van der Waals surface area contributed by atoms with E-state index in [1.807, 2.05) is 11.0 Å². The number of aryl methyl sites for hydroxylation is 1. The smallest absolute Gasteiger partial charge is 0.416 e. The monoisotopic (exact) mass is 559 g/mol. The Morgan fingerprint density at radius 1 is 1.10 bits per heavy atom. The molecule has 1 aliphatic rings. The number of hydrogen-bond donors (Lipinski definition) is 1. The first-order chi connectivity index (χ1) is 19.0.